The number of hydrogen-bond acceptors (Lipinski definition) is 2. The van der Waals surface area contributed by atoms with Crippen molar-refractivity contribution in [3.05, 3.63) is 34.9 Å². The highest BCUT2D eigenvalue weighted by molar-refractivity contribution is 6.30. The van der Waals surface area contributed by atoms with Gasteiger partial charge in [0.1, 0.15) is 0 Å². The average Bonchev–Trinajstić information content (AvgIpc) is 2.34. The van der Waals surface area contributed by atoms with Gasteiger partial charge in [0, 0.05) is 18.0 Å². The summed E-state index contributed by atoms with van der Waals surface area (Å²) in [6, 6.07) is 7.58. The number of nitrogens with two attached hydrogens (primary N) is 1. The molecule has 1 rings (SSSR count). The minimum Gasteiger partial charge on any atom is -0.356 e. The fourth-order valence-electron chi connectivity index (χ4n) is 1.49. The van der Waals surface area contributed by atoms with Gasteiger partial charge in [-0.3, -0.25) is 4.79 Å². The van der Waals surface area contributed by atoms with Crippen molar-refractivity contribution in [2.45, 2.75) is 25.7 Å². The van der Waals surface area contributed by atoms with Gasteiger partial charge in [0.25, 0.3) is 0 Å². The van der Waals surface area contributed by atoms with E-state index >= 15 is 0 Å². The summed E-state index contributed by atoms with van der Waals surface area (Å²) in [5.41, 5.74) is 6.50. The second-order valence-electron chi connectivity index (χ2n) is 3.97. The Balaban J connectivity index is 0.00000289. The fraction of sp³-hybridized carbons (Fsp3) is 0.462. The Hall–Kier alpha value is -0.770. The Morgan fingerprint density at radius 3 is 2.50 bits per heavy atom. The Morgan fingerprint density at radius 2 is 1.89 bits per heavy atom. The number of carbonyl (C=O) groups is 1. The summed E-state index contributed by atoms with van der Waals surface area (Å²) in [6.45, 7) is 1.40. The van der Waals surface area contributed by atoms with E-state index in [1.54, 1.807) is 0 Å². The first kappa shape index (κ1) is 17.2. The van der Waals surface area contributed by atoms with E-state index in [9.17, 15) is 4.79 Å². The van der Waals surface area contributed by atoms with Gasteiger partial charge in [-0.15, -0.1) is 12.4 Å². The molecule has 0 atom stereocenters. The van der Waals surface area contributed by atoms with Crippen molar-refractivity contribution in [3.63, 3.8) is 0 Å². The van der Waals surface area contributed by atoms with Crippen molar-refractivity contribution >= 4 is 29.9 Å². The molecule has 1 amide bonds. The standard InChI is InChI=1S/C13H19ClN2O.ClH/c14-12-6-3-11(4-7-12)5-8-13(17)16-10-2-1-9-15;/h3-4,6-7H,1-2,5,8-10,15H2,(H,16,17);1H. The monoisotopic (exact) mass is 290 g/mol. The van der Waals surface area contributed by atoms with E-state index in [0.29, 0.717) is 13.0 Å². The van der Waals surface area contributed by atoms with Crippen LogP contribution >= 0.6 is 24.0 Å². The number of carbonyl (C=O) groups excluding carboxylic acids is 1. The zero-order valence-electron chi connectivity index (χ0n) is 10.3. The van der Waals surface area contributed by atoms with Crippen LogP contribution in [0.25, 0.3) is 0 Å². The largest absolute Gasteiger partial charge is 0.356 e. The molecule has 0 aromatic heterocycles. The van der Waals surface area contributed by atoms with E-state index in [0.717, 1.165) is 36.4 Å². The number of nitrogens with one attached hydrogen (secondary N) is 1. The van der Waals surface area contributed by atoms with E-state index in [1.165, 1.54) is 0 Å². The second-order valence-corrected chi connectivity index (χ2v) is 4.41. The lowest BCUT2D eigenvalue weighted by molar-refractivity contribution is -0.121. The van der Waals surface area contributed by atoms with Crippen molar-refractivity contribution in [2.75, 3.05) is 13.1 Å². The predicted molar refractivity (Wildman–Crippen MR) is 78.3 cm³/mol. The molecule has 0 spiro atoms. The number of aryl methyl sites for hydroxylation is 1. The number of rotatable bonds is 7. The van der Waals surface area contributed by atoms with Crippen molar-refractivity contribution in [3.8, 4) is 0 Å². The molecule has 1 aromatic carbocycles. The summed E-state index contributed by atoms with van der Waals surface area (Å²) in [7, 11) is 0. The molecule has 0 bridgehead atoms. The van der Waals surface area contributed by atoms with Crippen LogP contribution < -0.4 is 11.1 Å². The van der Waals surface area contributed by atoms with Crippen LogP contribution in [0, 0.1) is 0 Å². The van der Waals surface area contributed by atoms with Gasteiger partial charge in [0.05, 0.1) is 0 Å². The molecule has 0 heterocycles. The third-order valence-corrected chi connectivity index (χ3v) is 2.76. The minimum absolute atomic E-state index is 0. The summed E-state index contributed by atoms with van der Waals surface area (Å²) in [5, 5.41) is 3.60. The molecule has 0 saturated carbocycles. The van der Waals surface area contributed by atoms with E-state index in [4.69, 9.17) is 17.3 Å². The van der Waals surface area contributed by atoms with Gasteiger partial charge in [-0.05, 0) is 43.5 Å². The quantitative estimate of drug-likeness (QED) is 0.759. The van der Waals surface area contributed by atoms with E-state index in [1.807, 2.05) is 24.3 Å². The molecule has 1 aromatic rings. The van der Waals surface area contributed by atoms with E-state index in [2.05, 4.69) is 5.32 Å². The molecule has 0 unspecified atom stereocenters. The average molecular weight is 291 g/mol. The maximum Gasteiger partial charge on any atom is 0.220 e. The molecular formula is C13H20Cl2N2O. The molecule has 0 aliphatic carbocycles. The molecule has 3 N–H and O–H groups in total. The first-order chi connectivity index (χ1) is 8.22. The van der Waals surface area contributed by atoms with Crippen LogP contribution in [0.15, 0.2) is 24.3 Å². The Kier molecular flexibility index (Phi) is 9.74. The number of hydrogen-bond donors (Lipinski definition) is 2. The smallest absolute Gasteiger partial charge is 0.220 e. The van der Waals surface area contributed by atoms with Crippen LogP contribution in [0.2, 0.25) is 5.02 Å². The third-order valence-electron chi connectivity index (χ3n) is 2.51. The molecular weight excluding hydrogens is 271 g/mol. The zero-order chi connectivity index (χ0) is 12.5. The third kappa shape index (κ3) is 7.54. The highest BCUT2D eigenvalue weighted by Gasteiger charge is 2.01. The number of benzene rings is 1. The second kappa shape index (κ2) is 10.2. The van der Waals surface area contributed by atoms with E-state index < -0.39 is 0 Å². The fourth-order valence-corrected chi connectivity index (χ4v) is 1.62. The summed E-state index contributed by atoms with van der Waals surface area (Å²) in [6.07, 6.45) is 3.17. The lowest BCUT2D eigenvalue weighted by Crippen LogP contribution is -2.25. The van der Waals surface area contributed by atoms with Crippen molar-refractivity contribution in [2.24, 2.45) is 5.73 Å². The van der Waals surface area contributed by atoms with Crippen LogP contribution in [-0.2, 0) is 11.2 Å². The van der Waals surface area contributed by atoms with Crippen molar-refractivity contribution in [1.29, 1.82) is 0 Å². The van der Waals surface area contributed by atoms with Gasteiger partial charge in [-0.1, -0.05) is 23.7 Å². The van der Waals surface area contributed by atoms with E-state index in [-0.39, 0.29) is 18.3 Å². The molecule has 102 valence electrons. The highest BCUT2D eigenvalue weighted by Crippen LogP contribution is 2.10. The number of amides is 1. The topological polar surface area (TPSA) is 55.1 Å². The van der Waals surface area contributed by atoms with Crippen molar-refractivity contribution in [1.82, 2.24) is 5.32 Å². The zero-order valence-corrected chi connectivity index (χ0v) is 11.9. The molecule has 0 radical (unpaired) electrons. The molecule has 0 aliphatic rings. The highest BCUT2D eigenvalue weighted by atomic mass is 35.5. The Labute approximate surface area is 119 Å². The van der Waals surface area contributed by atoms with Crippen LogP contribution in [0.1, 0.15) is 24.8 Å². The molecule has 0 fully saturated rings. The summed E-state index contributed by atoms with van der Waals surface area (Å²) >= 11 is 5.78. The van der Waals surface area contributed by atoms with Crippen LogP contribution in [0.3, 0.4) is 0 Å². The van der Waals surface area contributed by atoms with Crippen LogP contribution in [-0.4, -0.2) is 19.0 Å². The summed E-state index contributed by atoms with van der Waals surface area (Å²) in [4.78, 5) is 11.5. The maximum atomic E-state index is 11.5. The first-order valence-corrected chi connectivity index (χ1v) is 6.31. The molecule has 5 heteroatoms. The number of unbranched alkanes of at least 4 members (excludes halogenated alkanes) is 1. The number of halogens is 2. The van der Waals surface area contributed by atoms with Gasteiger partial charge in [0.15, 0.2) is 0 Å². The SMILES string of the molecule is Cl.NCCCCNC(=O)CCc1ccc(Cl)cc1. The van der Waals surface area contributed by atoms with Gasteiger partial charge in [0.2, 0.25) is 5.91 Å². The normalized spacial score (nSPS) is 9.67. The Bertz CT molecular complexity index is 341. The lowest BCUT2D eigenvalue weighted by Gasteiger charge is -2.04. The Morgan fingerprint density at radius 1 is 1.22 bits per heavy atom. The summed E-state index contributed by atoms with van der Waals surface area (Å²) < 4.78 is 0. The summed E-state index contributed by atoms with van der Waals surface area (Å²) in [5.74, 6) is 0.0944. The maximum absolute atomic E-state index is 11.5. The van der Waals surface area contributed by atoms with Gasteiger partial charge in [-0.2, -0.15) is 0 Å². The molecule has 0 saturated heterocycles. The first-order valence-electron chi connectivity index (χ1n) is 5.93. The van der Waals surface area contributed by atoms with Crippen LogP contribution in [0.4, 0.5) is 0 Å². The molecule has 0 aliphatic heterocycles. The van der Waals surface area contributed by atoms with Gasteiger partial charge < -0.3 is 11.1 Å². The van der Waals surface area contributed by atoms with Gasteiger partial charge in [-0.25, -0.2) is 0 Å². The van der Waals surface area contributed by atoms with Crippen LogP contribution in [0.5, 0.6) is 0 Å². The molecule has 18 heavy (non-hydrogen) atoms. The van der Waals surface area contributed by atoms with Gasteiger partial charge >= 0.3 is 0 Å². The minimum atomic E-state index is 0. The van der Waals surface area contributed by atoms with Crippen molar-refractivity contribution < 1.29 is 4.79 Å². The predicted octanol–water partition coefficient (Wildman–Crippen LogP) is 2.55. The molecule has 3 nitrogen and oxygen atoms in total. The lowest BCUT2D eigenvalue weighted by atomic mass is 10.1.